The summed E-state index contributed by atoms with van der Waals surface area (Å²) in [7, 11) is 0. The van der Waals surface area contributed by atoms with Gasteiger partial charge in [-0.05, 0) is 52.4 Å². The van der Waals surface area contributed by atoms with Crippen molar-refractivity contribution in [2.75, 3.05) is 26.2 Å². The third kappa shape index (κ3) is 6.43. The Morgan fingerprint density at radius 2 is 2.02 bits per heavy atom. The van der Waals surface area contributed by atoms with Crippen LogP contribution in [0.2, 0.25) is 0 Å². The molecule has 0 saturated carbocycles. The molecule has 1 unspecified atom stereocenters. The highest BCUT2D eigenvalue weighted by Gasteiger charge is 2.75. The molecule has 0 aromatic rings. The van der Waals surface area contributed by atoms with Gasteiger partial charge < -0.3 is 29.7 Å². The van der Waals surface area contributed by atoms with Crippen molar-refractivity contribution >= 4 is 23.7 Å². The highest BCUT2D eigenvalue weighted by Crippen LogP contribution is 2.59. The molecule has 1 spiro atoms. The first-order valence-corrected chi connectivity index (χ1v) is 14.7. The largest absolute Gasteiger partial charge is 0.460 e. The van der Waals surface area contributed by atoms with Crippen molar-refractivity contribution in [3.05, 3.63) is 25.3 Å². The lowest BCUT2D eigenvalue weighted by Gasteiger charge is -2.39. The summed E-state index contributed by atoms with van der Waals surface area (Å²) in [6, 6.07) is -0.908. The normalized spacial score (nSPS) is 28.1. The molecule has 0 aromatic heterocycles. The minimum absolute atomic E-state index is 0.0130. The molecule has 0 radical (unpaired) electrons. The maximum Gasteiger partial charge on any atom is 0.312 e. The molecule has 2 N–H and O–H groups in total. The summed E-state index contributed by atoms with van der Waals surface area (Å²) >= 11 is 0. The number of nitrogens with zero attached hydrogens (tertiary/aromatic N) is 2. The Morgan fingerprint density at radius 1 is 1.27 bits per heavy atom. The fraction of sp³-hybridized carbons (Fsp3) is 0.733. The quantitative estimate of drug-likeness (QED) is 0.159. The molecule has 0 aliphatic carbocycles. The van der Waals surface area contributed by atoms with E-state index in [0.29, 0.717) is 51.6 Å². The number of esters is 1. The number of hydrogen-bond acceptors (Lipinski definition) is 7. The molecule has 7 atom stereocenters. The van der Waals surface area contributed by atoms with E-state index in [1.165, 1.54) is 0 Å². The monoisotopic (exact) mass is 561 g/mol. The van der Waals surface area contributed by atoms with Crippen LogP contribution in [0.5, 0.6) is 0 Å². The van der Waals surface area contributed by atoms with Gasteiger partial charge in [0.1, 0.15) is 17.7 Å². The second-order valence-corrected chi connectivity index (χ2v) is 11.3. The second-order valence-electron chi connectivity index (χ2n) is 11.3. The van der Waals surface area contributed by atoms with Crippen molar-refractivity contribution in [2.24, 2.45) is 11.8 Å². The van der Waals surface area contributed by atoms with Crippen LogP contribution in [0.25, 0.3) is 0 Å². The molecule has 40 heavy (non-hydrogen) atoms. The van der Waals surface area contributed by atoms with Crippen molar-refractivity contribution in [1.29, 1.82) is 0 Å². The number of hydrogen-bond donors (Lipinski definition) is 2. The van der Waals surface area contributed by atoms with E-state index in [9.17, 15) is 24.3 Å². The summed E-state index contributed by atoms with van der Waals surface area (Å²) in [6.07, 6.45) is 6.91. The van der Waals surface area contributed by atoms with Gasteiger partial charge in [-0.25, -0.2) is 0 Å². The number of rotatable bonds is 17. The number of amides is 3. The zero-order chi connectivity index (χ0) is 29.4. The Hall–Kier alpha value is -2.72. The molecule has 3 saturated heterocycles. The van der Waals surface area contributed by atoms with E-state index in [-0.39, 0.29) is 36.9 Å². The molecule has 3 heterocycles. The molecule has 3 aliphatic rings. The van der Waals surface area contributed by atoms with Crippen LogP contribution in [0.3, 0.4) is 0 Å². The van der Waals surface area contributed by atoms with Gasteiger partial charge in [-0.1, -0.05) is 25.5 Å². The van der Waals surface area contributed by atoms with E-state index in [1.807, 2.05) is 6.92 Å². The predicted molar refractivity (Wildman–Crippen MR) is 150 cm³/mol. The van der Waals surface area contributed by atoms with Crippen LogP contribution in [-0.2, 0) is 28.7 Å². The Kier molecular flexibility index (Phi) is 11.3. The SMILES string of the molecule is C=CCCC(=O)NC[C@H](C)OC(=O)[C@@H]1[C@H]2C(=O)N(CCCCO)[C@H](C(=O)N(CC=C)C(C)CCC)[C@]23CC[C@H]1O3. The lowest BCUT2D eigenvalue weighted by atomic mass is 9.70. The van der Waals surface area contributed by atoms with Crippen molar-refractivity contribution < 1.29 is 33.8 Å². The molecule has 3 amide bonds. The Morgan fingerprint density at radius 3 is 2.67 bits per heavy atom. The van der Waals surface area contributed by atoms with E-state index in [0.717, 1.165) is 12.8 Å². The van der Waals surface area contributed by atoms with E-state index in [4.69, 9.17) is 9.47 Å². The summed E-state index contributed by atoms with van der Waals surface area (Å²) < 4.78 is 12.2. The molecule has 0 aromatic carbocycles. The third-order valence-electron chi connectivity index (χ3n) is 8.44. The number of allylic oxidation sites excluding steroid dienone is 1. The summed E-state index contributed by atoms with van der Waals surface area (Å²) in [5.41, 5.74) is -1.10. The summed E-state index contributed by atoms with van der Waals surface area (Å²) in [4.78, 5) is 57.0. The average Bonchev–Trinajstić information content (AvgIpc) is 3.56. The number of unbranched alkanes of at least 4 members (excludes halogenated alkanes) is 1. The first kappa shape index (κ1) is 31.8. The fourth-order valence-corrected chi connectivity index (χ4v) is 6.59. The number of carbonyl (C=O) groups is 4. The maximum atomic E-state index is 14.2. The summed E-state index contributed by atoms with van der Waals surface area (Å²) in [5.74, 6) is -2.79. The molecule has 10 nitrogen and oxygen atoms in total. The van der Waals surface area contributed by atoms with Crippen molar-refractivity contribution in [2.45, 2.75) is 102 Å². The molecule has 3 fully saturated rings. The van der Waals surface area contributed by atoms with Crippen LogP contribution in [0, 0.1) is 11.8 Å². The van der Waals surface area contributed by atoms with Gasteiger partial charge in [0.2, 0.25) is 17.7 Å². The first-order chi connectivity index (χ1) is 19.2. The van der Waals surface area contributed by atoms with Gasteiger partial charge in [0.05, 0.1) is 24.5 Å². The second kappa shape index (κ2) is 14.3. The van der Waals surface area contributed by atoms with Gasteiger partial charge in [0.25, 0.3) is 0 Å². The smallest absolute Gasteiger partial charge is 0.312 e. The number of carbonyl (C=O) groups excluding carboxylic acids is 4. The standard InChI is InChI=1S/C30H47N3O7/c1-6-9-13-23(35)31-19-21(5)39-29(38)24-22-14-15-30(40-22)25(24)27(36)33(17-10-11-18-34)26(30)28(37)32(16-8-3)20(4)12-7-2/h6,8,20-22,24-26,34H,1,3,7,9-19H2,2,4-5H3,(H,31,35)/t20?,21-,22+,24-,25-,26+,30-/m0/s1. The molecular formula is C30H47N3O7. The number of fused-ring (bicyclic) bond motifs is 1. The lowest BCUT2D eigenvalue weighted by molar-refractivity contribution is -0.159. The molecule has 3 aliphatic heterocycles. The summed E-state index contributed by atoms with van der Waals surface area (Å²) in [6.45, 7) is 14.0. The van der Waals surface area contributed by atoms with Crippen LogP contribution in [0.4, 0.5) is 0 Å². The minimum atomic E-state index is -1.10. The van der Waals surface area contributed by atoms with E-state index >= 15 is 0 Å². The van der Waals surface area contributed by atoms with Gasteiger partial charge in [-0.3, -0.25) is 19.2 Å². The van der Waals surface area contributed by atoms with Gasteiger partial charge in [0.15, 0.2) is 0 Å². The highest BCUT2D eigenvalue weighted by atomic mass is 16.6. The lowest BCUT2D eigenvalue weighted by Crippen LogP contribution is -2.58. The van der Waals surface area contributed by atoms with Crippen LogP contribution < -0.4 is 5.32 Å². The minimum Gasteiger partial charge on any atom is -0.460 e. The Labute approximate surface area is 238 Å². The van der Waals surface area contributed by atoms with Gasteiger partial charge in [-0.2, -0.15) is 0 Å². The fourth-order valence-electron chi connectivity index (χ4n) is 6.59. The first-order valence-electron chi connectivity index (χ1n) is 14.7. The number of nitrogens with one attached hydrogen (secondary N) is 1. The van der Waals surface area contributed by atoms with Crippen molar-refractivity contribution in [3.63, 3.8) is 0 Å². The molecule has 3 rings (SSSR count). The van der Waals surface area contributed by atoms with Crippen LogP contribution in [-0.4, -0.2) is 94.7 Å². The topological polar surface area (TPSA) is 125 Å². The number of ether oxygens (including phenoxy) is 2. The number of aliphatic hydroxyl groups excluding tert-OH is 1. The van der Waals surface area contributed by atoms with Crippen molar-refractivity contribution in [3.8, 4) is 0 Å². The molecule has 2 bridgehead atoms. The zero-order valence-electron chi connectivity index (χ0n) is 24.3. The summed E-state index contributed by atoms with van der Waals surface area (Å²) in [5, 5.41) is 12.1. The average molecular weight is 562 g/mol. The van der Waals surface area contributed by atoms with E-state index in [1.54, 1.807) is 28.9 Å². The number of aliphatic hydroxyl groups is 1. The molecule has 224 valence electrons. The van der Waals surface area contributed by atoms with Crippen LogP contribution >= 0.6 is 0 Å². The highest BCUT2D eigenvalue weighted by molar-refractivity contribution is 5.98. The Balaban J connectivity index is 1.84. The predicted octanol–water partition coefficient (Wildman–Crippen LogP) is 2.35. The molecule has 10 heteroatoms. The molecular weight excluding hydrogens is 514 g/mol. The van der Waals surface area contributed by atoms with Gasteiger partial charge in [0, 0.05) is 32.2 Å². The zero-order valence-corrected chi connectivity index (χ0v) is 24.3. The third-order valence-corrected chi connectivity index (χ3v) is 8.44. The van der Waals surface area contributed by atoms with Crippen molar-refractivity contribution in [1.82, 2.24) is 15.1 Å². The van der Waals surface area contributed by atoms with Gasteiger partial charge in [-0.15, -0.1) is 13.2 Å². The van der Waals surface area contributed by atoms with Crippen LogP contribution in [0.1, 0.15) is 72.1 Å². The van der Waals surface area contributed by atoms with E-state index < -0.39 is 41.7 Å². The number of likely N-dealkylation sites (tertiary alicyclic amines) is 1. The van der Waals surface area contributed by atoms with Crippen LogP contribution in [0.15, 0.2) is 25.3 Å². The maximum absolute atomic E-state index is 14.2. The Bertz CT molecular complexity index is 956. The van der Waals surface area contributed by atoms with Gasteiger partial charge >= 0.3 is 5.97 Å². The van der Waals surface area contributed by atoms with E-state index in [2.05, 4.69) is 25.4 Å².